The predicted molar refractivity (Wildman–Crippen MR) is 48.8 cm³/mol. The first-order valence-corrected chi connectivity index (χ1v) is 3.87. The number of rotatable bonds is 2. The molecule has 0 atom stereocenters. The minimum absolute atomic E-state index is 0.0458. The van der Waals surface area contributed by atoms with Crippen molar-refractivity contribution >= 4 is 5.69 Å². The fraction of sp³-hybridized carbons (Fsp3) is 0.111. The van der Waals surface area contributed by atoms with E-state index < -0.39 is 16.4 Å². The highest BCUT2D eigenvalue weighted by atomic mass is 16.6. The van der Waals surface area contributed by atoms with E-state index in [1.807, 2.05) is 6.07 Å². The third-order valence-corrected chi connectivity index (χ3v) is 1.75. The van der Waals surface area contributed by atoms with E-state index in [-0.39, 0.29) is 12.0 Å². The van der Waals surface area contributed by atoms with Gasteiger partial charge in [0.25, 0.3) is 0 Å². The number of aromatic hydroxyl groups is 1. The summed E-state index contributed by atoms with van der Waals surface area (Å²) in [5, 5.41) is 36.8. The molecule has 0 amide bonds. The molecule has 0 aliphatic heterocycles. The number of phenols is 1. The van der Waals surface area contributed by atoms with Gasteiger partial charge in [-0.15, -0.1) is 0 Å². The molecule has 0 spiro atoms. The number of hydrogen-bond donors (Lipinski definition) is 1. The lowest BCUT2D eigenvalue weighted by Gasteiger charge is -2.00. The Labute approximate surface area is 84.8 Å². The Balaban J connectivity index is 3.41. The summed E-state index contributed by atoms with van der Waals surface area (Å²) in [5.41, 5.74) is -0.424. The number of hydrogen-bond acceptors (Lipinski definition) is 5. The third-order valence-electron chi connectivity index (χ3n) is 1.75. The second-order valence-corrected chi connectivity index (χ2v) is 2.71. The standard InChI is InChI=1S/C9H5N3O3/c10-2-1-6-3-7(5-11)9(13)8(4-6)12(14)15/h3-4,13H,1H2. The van der Waals surface area contributed by atoms with Crippen molar-refractivity contribution in [3.05, 3.63) is 33.4 Å². The lowest BCUT2D eigenvalue weighted by molar-refractivity contribution is -0.385. The van der Waals surface area contributed by atoms with Crippen LogP contribution in [0.3, 0.4) is 0 Å². The summed E-state index contributed by atoms with van der Waals surface area (Å²) in [7, 11) is 0. The van der Waals surface area contributed by atoms with E-state index in [0.717, 1.165) is 6.07 Å². The molecule has 0 aromatic heterocycles. The Kier molecular flexibility index (Phi) is 2.85. The molecule has 6 nitrogen and oxygen atoms in total. The maximum absolute atomic E-state index is 10.5. The van der Waals surface area contributed by atoms with Gasteiger partial charge in [-0.1, -0.05) is 0 Å². The monoisotopic (exact) mass is 203 g/mol. The summed E-state index contributed by atoms with van der Waals surface area (Å²) in [6.45, 7) is 0. The number of nitrogens with zero attached hydrogens (tertiary/aromatic N) is 3. The van der Waals surface area contributed by atoms with Gasteiger partial charge in [-0.2, -0.15) is 10.5 Å². The summed E-state index contributed by atoms with van der Waals surface area (Å²) in [6, 6.07) is 5.77. The fourth-order valence-electron chi connectivity index (χ4n) is 1.10. The second kappa shape index (κ2) is 4.07. The van der Waals surface area contributed by atoms with Crippen LogP contribution in [0.15, 0.2) is 12.1 Å². The Morgan fingerprint density at radius 1 is 1.47 bits per heavy atom. The molecule has 1 rings (SSSR count). The molecule has 0 aliphatic rings. The van der Waals surface area contributed by atoms with Crippen LogP contribution in [0.25, 0.3) is 0 Å². The average molecular weight is 203 g/mol. The highest BCUT2D eigenvalue weighted by molar-refractivity contribution is 5.58. The zero-order chi connectivity index (χ0) is 11.4. The molecular weight excluding hydrogens is 198 g/mol. The molecule has 0 radical (unpaired) electrons. The quantitative estimate of drug-likeness (QED) is 0.574. The van der Waals surface area contributed by atoms with Crippen molar-refractivity contribution in [3.63, 3.8) is 0 Å². The zero-order valence-corrected chi connectivity index (χ0v) is 7.47. The van der Waals surface area contributed by atoms with E-state index in [0.29, 0.717) is 5.56 Å². The molecule has 0 fully saturated rings. The van der Waals surface area contributed by atoms with Crippen molar-refractivity contribution in [3.8, 4) is 17.9 Å². The first-order chi connectivity index (χ1) is 7.10. The average Bonchev–Trinajstić information content (AvgIpc) is 2.20. The van der Waals surface area contributed by atoms with Crippen molar-refractivity contribution in [2.24, 2.45) is 0 Å². The van der Waals surface area contributed by atoms with E-state index in [1.165, 1.54) is 6.07 Å². The smallest absolute Gasteiger partial charge is 0.312 e. The first kappa shape index (κ1) is 10.5. The first-order valence-electron chi connectivity index (χ1n) is 3.87. The molecule has 0 bridgehead atoms. The molecule has 0 heterocycles. The Morgan fingerprint density at radius 2 is 2.13 bits per heavy atom. The van der Waals surface area contributed by atoms with Crippen molar-refractivity contribution in [2.75, 3.05) is 0 Å². The molecule has 6 heteroatoms. The lowest BCUT2D eigenvalue weighted by atomic mass is 10.1. The molecule has 1 aromatic rings. The normalized spacial score (nSPS) is 8.93. The minimum Gasteiger partial charge on any atom is -0.501 e. The Hall–Kier alpha value is -2.60. The van der Waals surface area contributed by atoms with Gasteiger partial charge in [-0.25, -0.2) is 0 Å². The van der Waals surface area contributed by atoms with Gasteiger partial charge in [0.2, 0.25) is 5.75 Å². The molecule has 74 valence electrons. The van der Waals surface area contributed by atoms with Crippen LogP contribution in [-0.4, -0.2) is 10.0 Å². The summed E-state index contributed by atoms with van der Waals surface area (Å²) in [5.74, 6) is -0.663. The van der Waals surface area contributed by atoms with Crippen LogP contribution >= 0.6 is 0 Å². The molecule has 1 N–H and O–H groups in total. The van der Waals surface area contributed by atoms with E-state index in [2.05, 4.69) is 0 Å². The van der Waals surface area contributed by atoms with Gasteiger partial charge in [-0.05, 0) is 11.6 Å². The largest absolute Gasteiger partial charge is 0.501 e. The molecule has 0 saturated heterocycles. The van der Waals surface area contributed by atoms with Crippen LogP contribution in [-0.2, 0) is 6.42 Å². The second-order valence-electron chi connectivity index (χ2n) is 2.71. The Morgan fingerprint density at radius 3 is 2.60 bits per heavy atom. The van der Waals surface area contributed by atoms with Crippen molar-refractivity contribution < 1.29 is 10.0 Å². The third kappa shape index (κ3) is 2.01. The van der Waals surface area contributed by atoms with Gasteiger partial charge in [0.1, 0.15) is 11.6 Å². The van der Waals surface area contributed by atoms with Crippen molar-refractivity contribution in [2.45, 2.75) is 6.42 Å². The van der Waals surface area contributed by atoms with Crippen LogP contribution in [0.2, 0.25) is 0 Å². The van der Waals surface area contributed by atoms with Crippen LogP contribution in [0.5, 0.6) is 5.75 Å². The SMILES string of the molecule is N#CCc1cc(C#N)c(O)c([N+](=O)[O-])c1. The molecule has 1 aromatic carbocycles. The number of nitriles is 2. The number of nitro benzene ring substituents is 1. The Bertz CT molecular complexity index is 497. The number of benzene rings is 1. The molecule has 0 saturated carbocycles. The molecule has 15 heavy (non-hydrogen) atoms. The highest BCUT2D eigenvalue weighted by Gasteiger charge is 2.18. The highest BCUT2D eigenvalue weighted by Crippen LogP contribution is 2.30. The van der Waals surface area contributed by atoms with Crippen molar-refractivity contribution in [1.29, 1.82) is 10.5 Å². The molecule has 0 aliphatic carbocycles. The van der Waals surface area contributed by atoms with Gasteiger partial charge < -0.3 is 5.11 Å². The van der Waals surface area contributed by atoms with Crippen LogP contribution in [0.4, 0.5) is 5.69 Å². The number of phenolic OH excluding ortho intramolecular Hbond substituents is 1. The van der Waals surface area contributed by atoms with Gasteiger partial charge in [0.05, 0.1) is 17.4 Å². The fourth-order valence-corrected chi connectivity index (χ4v) is 1.10. The van der Waals surface area contributed by atoms with E-state index >= 15 is 0 Å². The maximum Gasteiger partial charge on any atom is 0.312 e. The van der Waals surface area contributed by atoms with E-state index in [9.17, 15) is 15.2 Å². The minimum atomic E-state index is -0.795. The summed E-state index contributed by atoms with van der Waals surface area (Å²) < 4.78 is 0. The van der Waals surface area contributed by atoms with Gasteiger partial charge in [-0.3, -0.25) is 10.1 Å². The molecule has 0 unspecified atom stereocenters. The summed E-state index contributed by atoms with van der Waals surface area (Å²) in [6.07, 6.45) is -0.0458. The van der Waals surface area contributed by atoms with E-state index in [4.69, 9.17) is 10.5 Å². The van der Waals surface area contributed by atoms with Gasteiger partial charge >= 0.3 is 5.69 Å². The maximum atomic E-state index is 10.5. The van der Waals surface area contributed by atoms with Gasteiger partial charge in [0.15, 0.2) is 0 Å². The topological polar surface area (TPSA) is 111 Å². The predicted octanol–water partition coefficient (Wildman–Crippen LogP) is 1.24. The van der Waals surface area contributed by atoms with Gasteiger partial charge in [0, 0.05) is 6.07 Å². The van der Waals surface area contributed by atoms with Crippen LogP contribution < -0.4 is 0 Å². The number of nitro groups is 1. The summed E-state index contributed by atoms with van der Waals surface area (Å²) >= 11 is 0. The van der Waals surface area contributed by atoms with Crippen LogP contribution in [0, 0.1) is 32.8 Å². The zero-order valence-electron chi connectivity index (χ0n) is 7.47. The van der Waals surface area contributed by atoms with E-state index in [1.54, 1.807) is 6.07 Å². The lowest BCUT2D eigenvalue weighted by Crippen LogP contribution is -1.93. The summed E-state index contributed by atoms with van der Waals surface area (Å²) in [4.78, 5) is 9.71. The van der Waals surface area contributed by atoms with Crippen LogP contribution in [0.1, 0.15) is 11.1 Å². The van der Waals surface area contributed by atoms with Crippen molar-refractivity contribution in [1.82, 2.24) is 0 Å². The molecular formula is C9H5N3O3.